The molecule has 0 radical (unpaired) electrons. The van der Waals surface area contributed by atoms with Crippen molar-refractivity contribution >= 4 is 27.4 Å². The Hall–Kier alpha value is -5.61. The average Bonchev–Trinajstić information content (AvgIpc) is 3.54. The quantitative estimate of drug-likeness (QED) is 0.186. The third kappa shape index (κ3) is 4.40. The molecule has 0 N–H and O–H groups in total. The number of fused-ring (bicyclic) bond motifs is 6. The van der Waals surface area contributed by atoms with Crippen LogP contribution in [0, 0.1) is 0 Å². The van der Waals surface area contributed by atoms with Crippen LogP contribution in [0.25, 0.3) is 67.0 Å². The Bertz CT molecular complexity index is 2340. The first-order valence-electron chi connectivity index (χ1n) is 15.8. The van der Waals surface area contributed by atoms with E-state index >= 15 is 0 Å². The molecule has 0 unspecified atom stereocenters. The number of nitrogens with zero attached hydrogens (tertiary/aromatic N) is 4. The van der Waals surface area contributed by atoms with E-state index in [1.165, 1.54) is 44.1 Å². The minimum atomic E-state index is -0.0483. The Morgan fingerprint density at radius 1 is 0.630 bits per heavy atom. The molecule has 2 heterocycles. The molecule has 0 atom stereocenters. The Morgan fingerprint density at radius 3 is 2.07 bits per heavy atom. The fourth-order valence-corrected chi connectivity index (χ4v) is 6.91. The lowest BCUT2D eigenvalue weighted by Gasteiger charge is -2.21. The number of aromatic nitrogens is 4. The summed E-state index contributed by atoms with van der Waals surface area (Å²) in [5, 5.41) is 2.53. The van der Waals surface area contributed by atoms with Crippen LogP contribution >= 0.6 is 0 Å². The first-order chi connectivity index (χ1) is 22.4. The third-order valence-electron chi connectivity index (χ3n) is 9.32. The Kier molecular flexibility index (Phi) is 6.54. The van der Waals surface area contributed by atoms with Crippen LogP contribution in [-0.2, 0) is 5.41 Å². The predicted molar refractivity (Wildman–Crippen MR) is 191 cm³/mol. The maximum Gasteiger partial charge on any atom is 0.164 e. The molecular formula is C42H34N4. The summed E-state index contributed by atoms with van der Waals surface area (Å²) in [6.45, 7) is 8.73. The Labute approximate surface area is 269 Å². The molecule has 0 bridgehead atoms. The fourth-order valence-electron chi connectivity index (χ4n) is 6.91. The molecule has 0 spiro atoms. The van der Waals surface area contributed by atoms with Gasteiger partial charge in [-0.25, -0.2) is 15.0 Å². The molecular weight excluding hydrogens is 560 g/mol. The van der Waals surface area contributed by atoms with Crippen LogP contribution in [0.4, 0.5) is 0 Å². The number of rotatable bonds is 5. The monoisotopic (exact) mass is 594 g/mol. The van der Waals surface area contributed by atoms with E-state index in [2.05, 4.69) is 103 Å². The van der Waals surface area contributed by atoms with Crippen LogP contribution in [0.3, 0.4) is 0 Å². The molecule has 0 aliphatic heterocycles. The molecule has 0 fully saturated rings. The van der Waals surface area contributed by atoms with E-state index in [9.17, 15) is 0 Å². The van der Waals surface area contributed by atoms with Gasteiger partial charge in [0.2, 0.25) is 0 Å². The van der Waals surface area contributed by atoms with Crippen molar-refractivity contribution < 1.29 is 0 Å². The van der Waals surface area contributed by atoms with E-state index in [0.717, 1.165) is 22.4 Å². The zero-order valence-electron chi connectivity index (χ0n) is 26.5. The number of para-hydroxylation sites is 1. The highest BCUT2D eigenvalue weighted by atomic mass is 15.0. The van der Waals surface area contributed by atoms with Crippen LogP contribution in [0.5, 0.6) is 0 Å². The van der Waals surface area contributed by atoms with Crippen molar-refractivity contribution in [2.45, 2.75) is 33.1 Å². The van der Waals surface area contributed by atoms with Crippen LogP contribution < -0.4 is 0 Å². The smallest absolute Gasteiger partial charge is 0.164 e. The van der Waals surface area contributed by atoms with Gasteiger partial charge in [-0.3, -0.25) is 0 Å². The van der Waals surface area contributed by atoms with Crippen molar-refractivity contribution in [3.63, 3.8) is 0 Å². The van der Waals surface area contributed by atoms with Crippen LogP contribution in [0.1, 0.15) is 44.6 Å². The van der Waals surface area contributed by atoms with Gasteiger partial charge >= 0.3 is 0 Å². The predicted octanol–water partition coefficient (Wildman–Crippen LogP) is 10.6. The zero-order valence-corrected chi connectivity index (χ0v) is 26.5. The van der Waals surface area contributed by atoms with E-state index in [0.29, 0.717) is 17.5 Å². The van der Waals surface area contributed by atoms with E-state index in [1.54, 1.807) is 0 Å². The molecule has 7 aromatic rings. The SMILES string of the molecule is C/C=C\C=C(/C)c1nc(-c2ccccc2)nc(-c2ccc(-n3c4ccccc4c4cc5c(cc43)-c3ccccc3C5(C)C)cc2)n1. The second-order valence-corrected chi connectivity index (χ2v) is 12.5. The van der Waals surface area contributed by atoms with Gasteiger partial charge in [0.05, 0.1) is 11.0 Å². The maximum absolute atomic E-state index is 4.93. The van der Waals surface area contributed by atoms with Crippen LogP contribution in [0.15, 0.2) is 133 Å². The minimum Gasteiger partial charge on any atom is -0.309 e. The summed E-state index contributed by atoms with van der Waals surface area (Å²) in [5.74, 6) is 1.99. The molecule has 4 heteroatoms. The topological polar surface area (TPSA) is 43.6 Å². The summed E-state index contributed by atoms with van der Waals surface area (Å²) in [7, 11) is 0. The van der Waals surface area contributed by atoms with Gasteiger partial charge in [0.25, 0.3) is 0 Å². The molecule has 8 rings (SSSR count). The van der Waals surface area contributed by atoms with Gasteiger partial charge in [-0.2, -0.15) is 0 Å². The molecule has 5 aromatic carbocycles. The molecule has 1 aliphatic rings. The normalized spacial score (nSPS) is 13.9. The van der Waals surface area contributed by atoms with Gasteiger partial charge in [0.15, 0.2) is 17.5 Å². The van der Waals surface area contributed by atoms with Crippen LogP contribution in [-0.4, -0.2) is 19.5 Å². The van der Waals surface area contributed by atoms with E-state index in [4.69, 9.17) is 15.0 Å². The summed E-state index contributed by atoms with van der Waals surface area (Å²) in [6.07, 6.45) is 6.05. The van der Waals surface area contributed by atoms with Crippen LogP contribution in [0.2, 0.25) is 0 Å². The third-order valence-corrected chi connectivity index (χ3v) is 9.32. The molecule has 0 saturated carbocycles. The van der Waals surface area contributed by atoms with Crippen molar-refractivity contribution in [3.05, 3.63) is 150 Å². The van der Waals surface area contributed by atoms with Crippen molar-refractivity contribution in [2.24, 2.45) is 0 Å². The van der Waals surface area contributed by atoms with E-state index in [-0.39, 0.29) is 5.41 Å². The Morgan fingerprint density at radius 2 is 1.30 bits per heavy atom. The highest BCUT2D eigenvalue weighted by Gasteiger charge is 2.36. The Balaban J connectivity index is 1.28. The minimum absolute atomic E-state index is 0.0483. The molecule has 46 heavy (non-hydrogen) atoms. The molecule has 1 aliphatic carbocycles. The summed E-state index contributed by atoms with van der Waals surface area (Å²) in [5.41, 5.74) is 11.8. The molecule has 0 saturated heterocycles. The van der Waals surface area contributed by atoms with Gasteiger partial charge in [-0.15, -0.1) is 0 Å². The highest BCUT2D eigenvalue weighted by Crippen LogP contribution is 2.50. The lowest BCUT2D eigenvalue weighted by molar-refractivity contribution is 0.661. The summed E-state index contributed by atoms with van der Waals surface area (Å²) < 4.78 is 2.39. The van der Waals surface area contributed by atoms with Gasteiger partial charge in [-0.05, 0) is 84.1 Å². The van der Waals surface area contributed by atoms with Crippen molar-refractivity contribution in [1.82, 2.24) is 19.5 Å². The lowest BCUT2D eigenvalue weighted by atomic mass is 9.82. The first kappa shape index (κ1) is 27.9. The van der Waals surface area contributed by atoms with Gasteiger partial charge in [-0.1, -0.05) is 105 Å². The average molecular weight is 595 g/mol. The van der Waals surface area contributed by atoms with Gasteiger partial charge in [0, 0.05) is 33.0 Å². The molecule has 2 aromatic heterocycles. The molecule has 0 amide bonds. The number of allylic oxidation sites excluding steroid dienone is 4. The number of benzene rings is 5. The fraction of sp³-hybridized carbons (Fsp3) is 0.119. The van der Waals surface area contributed by atoms with E-state index < -0.39 is 0 Å². The van der Waals surface area contributed by atoms with Gasteiger partial charge < -0.3 is 4.57 Å². The van der Waals surface area contributed by atoms with Crippen molar-refractivity contribution in [3.8, 4) is 39.6 Å². The number of hydrogen-bond donors (Lipinski definition) is 0. The van der Waals surface area contributed by atoms with Gasteiger partial charge in [0.1, 0.15) is 0 Å². The second kappa shape index (κ2) is 10.8. The summed E-state index contributed by atoms with van der Waals surface area (Å²) in [6, 6.07) is 41.1. The maximum atomic E-state index is 4.93. The van der Waals surface area contributed by atoms with Crippen molar-refractivity contribution in [1.29, 1.82) is 0 Å². The summed E-state index contributed by atoms with van der Waals surface area (Å²) in [4.78, 5) is 14.7. The first-order valence-corrected chi connectivity index (χ1v) is 15.8. The van der Waals surface area contributed by atoms with Crippen molar-refractivity contribution in [2.75, 3.05) is 0 Å². The largest absolute Gasteiger partial charge is 0.309 e. The van der Waals surface area contributed by atoms with E-state index in [1.807, 2.05) is 62.4 Å². The molecule has 4 nitrogen and oxygen atoms in total. The lowest BCUT2D eigenvalue weighted by Crippen LogP contribution is -2.14. The summed E-state index contributed by atoms with van der Waals surface area (Å²) >= 11 is 0. The second-order valence-electron chi connectivity index (χ2n) is 12.5. The zero-order chi connectivity index (χ0) is 31.4. The standard InChI is InChI=1S/C42H34N4/c1-5-6-14-27(2)39-43-40(28-15-8-7-9-16-28)45-41(44-39)29-21-23-30(24-22-29)46-37-20-13-11-18-32(37)34-25-36-33(26-38(34)46)31-17-10-12-19-35(31)42(36,3)4/h5-26H,1-4H3/b6-5-,27-14+. The number of hydrogen-bond acceptors (Lipinski definition) is 3. The highest BCUT2D eigenvalue weighted by molar-refractivity contribution is 6.11. The molecule has 222 valence electrons.